The molecule has 11 nitrogen and oxygen atoms in total. The fourth-order valence-electron chi connectivity index (χ4n) is 4.04. The van der Waals surface area contributed by atoms with Crippen LogP contribution in [0.25, 0.3) is 0 Å². The summed E-state index contributed by atoms with van der Waals surface area (Å²) in [7, 11) is 1.47. The van der Waals surface area contributed by atoms with Crippen LogP contribution in [0.4, 0.5) is 5.69 Å². The molecule has 1 heterocycles. The lowest BCUT2D eigenvalue weighted by Crippen LogP contribution is -2.33. The third-order valence-electron chi connectivity index (χ3n) is 6.24. The summed E-state index contributed by atoms with van der Waals surface area (Å²) in [5.41, 5.74) is 6.05. The van der Waals surface area contributed by atoms with Crippen LogP contribution in [0.1, 0.15) is 40.4 Å². The Morgan fingerprint density at radius 2 is 1.77 bits per heavy atom. The molecule has 0 saturated carbocycles. The fraction of sp³-hybridized carbons (Fsp3) is 0.300. The maximum absolute atomic E-state index is 12.8. The van der Waals surface area contributed by atoms with E-state index in [-0.39, 0.29) is 31.2 Å². The van der Waals surface area contributed by atoms with Gasteiger partial charge in [0.05, 0.1) is 29.6 Å². The number of carbonyl (C=O) groups excluding carboxylic acids is 2. The van der Waals surface area contributed by atoms with Crippen molar-refractivity contribution in [3.63, 3.8) is 0 Å². The van der Waals surface area contributed by atoms with Crippen molar-refractivity contribution >= 4 is 55.6 Å². The van der Waals surface area contributed by atoms with E-state index in [2.05, 4.69) is 47.7 Å². The van der Waals surface area contributed by atoms with Gasteiger partial charge in [-0.3, -0.25) is 14.4 Å². The highest BCUT2D eigenvalue weighted by molar-refractivity contribution is 9.11. The van der Waals surface area contributed by atoms with E-state index in [4.69, 9.17) is 14.2 Å². The number of methoxy groups -OCH3 is 1. The molecule has 13 heteroatoms. The van der Waals surface area contributed by atoms with Crippen molar-refractivity contribution in [2.45, 2.75) is 40.8 Å². The number of aryl methyl sites for hydroxylation is 3. The SMILES string of the molecule is CCOc1cc(/C=N\NC(=O)Cn2c(C)cc(COC)c(C#N)c2=O)cc(Br)c1OCC(=O)Nc1cc(C)c(C)cc1Br. The number of benzene rings is 2. The van der Waals surface area contributed by atoms with E-state index in [1.165, 1.54) is 17.9 Å². The van der Waals surface area contributed by atoms with E-state index in [0.29, 0.717) is 45.1 Å². The highest BCUT2D eigenvalue weighted by Gasteiger charge is 2.16. The molecular formula is C30H31Br2N5O6. The summed E-state index contributed by atoms with van der Waals surface area (Å²) in [5.74, 6) is -0.212. The predicted octanol–water partition coefficient (Wildman–Crippen LogP) is 4.88. The average molecular weight is 717 g/mol. The molecule has 0 spiro atoms. The molecule has 3 aromatic rings. The van der Waals surface area contributed by atoms with Gasteiger partial charge in [-0.15, -0.1) is 0 Å². The van der Waals surface area contributed by atoms with Gasteiger partial charge in [-0.25, -0.2) is 5.43 Å². The van der Waals surface area contributed by atoms with Crippen molar-refractivity contribution in [1.82, 2.24) is 9.99 Å². The van der Waals surface area contributed by atoms with Crippen LogP contribution in [0.15, 0.2) is 49.2 Å². The van der Waals surface area contributed by atoms with Gasteiger partial charge in [0.25, 0.3) is 17.4 Å². The minimum atomic E-state index is -0.579. The molecule has 0 saturated heterocycles. The van der Waals surface area contributed by atoms with E-state index in [9.17, 15) is 19.6 Å². The van der Waals surface area contributed by atoms with Crippen LogP contribution in [0.2, 0.25) is 0 Å². The average Bonchev–Trinajstić information content (AvgIpc) is 2.94. The minimum absolute atomic E-state index is 0.0741. The summed E-state index contributed by atoms with van der Waals surface area (Å²) in [6, 6.07) is 10.7. The van der Waals surface area contributed by atoms with Crippen LogP contribution < -0.4 is 25.8 Å². The Bertz CT molecular complexity index is 1660. The van der Waals surface area contributed by atoms with Crippen LogP contribution in [-0.2, 0) is 27.5 Å². The molecule has 0 aliphatic carbocycles. The molecule has 3 rings (SSSR count). The largest absolute Gasteiger partial charge is 0.490 e. The van der Waals surface area contributed by atoms with Gasteiger partial charge in [-0.2, -0.15) is 10.4 Å². The van der Waals surface area contributed by atoms with Crippen LogP contribution in [0.3, 0.4) is 0 Å². The quantitative estimate of drug-likeness (QED) is 0.201. The Labute approximate surface area is 266 Å². The monoisotopic (exact) mass is 715 g/mol. The number of hydrogen-bond donors (Lipinski definition) is 2. The standard InChI is InChI=1S/C30H31Br2N5O6/c1-6-42-26-11-20(10-24(32)29(26)43-16-28(39)35-25-8-18(3)17(2)7-23(25)31)13-34-36-27(38)14-37-19(4)9-21(15-41-5)22(12-33)30(37)40/h7-11,13H,6,14-16H2,1-5H3,(H,35,39)(H,36,38)/b34-13-. The first kappa shape index (κ1) is 33.5. The first-order valence-electron chi connectivity index (χ1n) is 13.1. The summed E-state index contributed by atoms with van der Waals surface area (Å²) >= 11 is 6.93. The number of hydrazone groups is 1. The van der Waals surface area contributed by atoms with Gasteiger partial charge in [-0.05, 0) is 107 Å². The van der Waals surface area contributed by atoms with Gasteiger partial charge in [-0.1, -0.05) is 0 Å². The molecule has 2 N–H and O–H groups in total. The Kier molecular flexibility index (Phi) is 12.1. The second kappa shape index (κ2) is 15.5. The number of hydrogen-bond acceptors (Lipinski definition) is 8. The molecule has 43 heavy (non-hydrogen) atoms. The summed E-state index contributed by atoms with van der Waals surface area (Å²) in [6.45, 7) is 7.29. The fourth-order valence-corrected chi connectivity index (χ4v) is 5.18. The number of nitrogens with one attached hydrogen (secondary N) is 2. The molecule has 0 fully saturated rings. The van der Waals surface area contributed by atoms with Crippen molar-refractivity contribution in [2.75, 3.05) is 25.6 Å². The number of carbonyl (C=O) groups is 2. The normalized spacial score (nSPS) is 10.8. The number of amides is 2. The molecule has 2 aromatic carbocycles. The summed E-state index contributed by atoms with van der Waals surface area (Å²) < 4.78 is 19.1. The van der Waals surface area contributed by atoms with Crippen molar-refractivity contribution in [3.05, 3.63) is 83.1 Å². The second-order valence-electron chi connectivity index (χ2n) is 9.43. The van der Waals surface area contributed by atoms with Gasteiger partial charge in [0.2, 0.25) is 0 Å². The third kappa shape index (κ3) is 8.76. The minimum Gasteiger partial charge on any atom is -0.490 e. The molecular weight excluding hydrogens is 686 g/mol. The maximum Gasteiger partial charge on any atom is 0.269 e. The third-order valence-corrected chi connectivity index (χ3v) is 7.49. The van der Waals surface area contributed by atoms with E-state index in [0.717, 1.165) is 15.6 Å². The summed E-state index contributed by atoms with van der Waals surface area (Å²) in [4.78, 5) is 37.9. The van der Waals surface area contributed by atoms with Crippen molar-refractivity contribution in [3.8, 4) is 17.6 Å². The lowest BCUT2D eigenvalue weighted by atomic mass is 10.1. The number of nitriles is 1. The molecule has 1 aromatic heterocycles. The second-order valence-corrected chi connectivity index (χ2v) is 11.1. The lowest BCUT2D eigenvalue weighted by Gasteiger charge is -2.15. The predicted molar refractivity (Wildman–Crippen MR) is 170 cm³/mol. The lowest BCUT2D eigenvalue weighted by molar-refractivity contribution is -0.121. The molecule has 2 amide bonds. The zero-order valence-electron chi connectivity index (χ0n) is 24.3. The molecule has 0 bridgehead atoms. The highest BCUT2D eigenvalue weighted by Crippen LogP contribution is 2.36. The van der Waals surface area contributed by atoms with Crippen molar-refractivity contribution < 1.29 is 23.8 Å². The van der Waals surface area contributed by atoms with Gasteiger partial charge in [0, 0.05) is 22.8 Å². The van der Waals surface area contributed by atoms with E-state index < -0.39 is 11.5 Å². The van der Waals surface area contributed by atoms with Gasteiger partial charge in [0.15, 0.2) is 18.1 Å². The van der Waals surface area contributed by atoms with Crippen LogP contribution in [-0.4, -0.2) is 42.9 Å². The van der Waals surface area contributed by atoms with Crippen LogP contribution in [0.5, 0.6) is 11.5 Å². The molecule has 0 aliphatic rings. The Morgan fingerprint density at radius 1 is 1.05 bits per heavy atom. The molecule has 0 aliphatic heterocycles. The zero-order chi connectivity index (χ0) is 31.7. The number of ether oxygens (including phenoxy) is 3. The number of rotatable bonds is 12. The van der Waals surface area contributed by atoms with E-state index in [1.54, 1.807) is 25.1 Å². The molecule has 0 radical (unpaired) electrons. The maximum atomic E-state index is 12.8. The van der Waals surface area contributed by atoms with Crippen molar-refractivity contribution in [1.29, 1.82) is 5.26 Å². The zero-order valence-corrected chi connectivity index (χ0v) is 27.5. The van der Waals surface area contributed by atoms with Crippen molar-refractivity contribution in [2.24, 2.45) is 5.10 Å². The number of nitrogens with zero attached hydrogens (tertiary/aromatic N) is 3. The molecule has 0 unspecified atom stereocenters. The number of pyridine rings is 1. The van der Waals surface area contributed by atoms with Crippen LogP contribution >= 0.6 is 31.9 Å². The topological polar surface area (TPSA) is 144 Å². The Hall–Kier alpha value is -3.99. The van der Waals surface area contributed by atoms with Crippen LogP contribution in [0, 0.1) is 32.1 Å². The van der Waals surface area contributed by atoms with Gasteiger partial charge in [0.1, 0.15) is 18.2 Å². The first-order valence-corrected chi connectivity index (χ1v) is 14.7. The van der Waals surface area contributed by atoms with Gasteiger partial charge >= 0.3 is 0 Å². The first-order chi connectivity index (χ1) is 20.5. The highest BCUT2D eigenvalue weighted by atomic mass is 79.9. The smallest absolute Gasteiger partial charge is 0.269 e. The Morgan fingerprint density at radius 3 is 2.44 bits per heavy atom. The molecule has 226 valence electrons. The van der Waals surface area contributed by atoms with E-state index >= 15 is 0 Å². The van der Waals surface area contributed by atoms with E-state index in [1.807, 2.05) is 39.0 Å². The number of aromatic nitrogens is 1. The summed E-state index contributed by atoms with van der Waals surface area (Å²) in [5, 5.41) is 16.2. The number of anilines is 1. The number of halogens is 2. The summed E-state index contributed by atoms with van der Waals surface area (Å²) in [6.07, 6.45) is 1.40. The Balaban J connectivity index is 1.69. The van der Waals surface area contributed by atoms with Gasteiger partial charge < -0.3 is 24.1 Å². The molecule has 0 atom stereocenters.